The first-order valence-electron chi connectivity index (χ1n) is 9.28. The molecule has 0 aromatic heterocycles. The summed E-state index contributed by atoms with van der Waals surface area (Å²) in [7, 11) is 0. The van der Waals surface area contributed by atoms with Crippen molar-refractivity contribution in [3.63, 3.8) is 0 Å². The predicted octanol–water partition coefficient (Wildman–Crippen LogP) is 3.00. The Kier molecular flexibility index (Phi) is 3.92. The highest BCUT2D eigenvalue weighted by Crippen LogP contribution is 2.58. The molecule has 1 aliphatic heterocycles. The fraction of sp³-hybridized carbons (Fsp3) is 0.650. The molecule has 1 amide bonds. The Morgan fingerprint density at radius 2 is 1.78 bits per heavy atom. The highest BCUT2D eigenvalue weighted by molar-refractivity contribution is 5.82. The molecule has 3 heteroatoms. The first-order chi connectivity index (χ1) is 11.2. The minimum absolute atomic E-state index is 0.174. The Labute approximate surface area is 139 Å². The number of rotatable bonds is 4. The highest BCUT2D eigenvalue weighted by atomic mass is 16.2. The van der Waals surface area contributed by atoms with Gasteiger partial charge in [0.2, 0.25) is 5.91 Å². The molecule has 1 atom stereocenters. The van der Waals surface area contributed by atoms with Gasteiger partial charge >= 0.3 is 0 Å². The van der Waals surface area contributed by atoms with Gasteiger partial charge in [-0.2, -0.15) is 0 Å². The Morgan fingerprint density at radius 3 is 2.48 bits per heavy atom. The van der Waals surface area contributed by atoms with Crippen LogP contribution in [0.2, 0.25) is 0 Å². The minimum atomic E-state index is 0.174. The van der Waals surface area contributed by atoms with E-state index < -0.39 is 0 Å². The van der Waals surface area contributed by atoms with Crippen LogP contribution < -0.4 is 10.6 Å². The van der Waals surface area contributed by atoms with E-state index in [1.807, 2.05) is 0 Å². The van der Waals surface area contributed by atoms with E-state index in [9.17, 15) is 4.79 Å². The number of nitrogens with one attached hydrogen (secondary N) is 2. The average Bonchev–Trinajstić information content (AvgIpc) is 3.08. The molecule has 0 unspecified atom stereocenters. The highest BCUT2D eigenvalue weighted by Gasteiger charge is 2.57. The van der Waals surface area contributed by atoms with Crippen LogP contribution in [0.15, 0.2) is 30.3 Å². The van der Waals surface area contributed by atoms with Gasteiger partial charge in [0.05, 0.1) is 0 Å². The number of hydrogen-bond donors (Lipinski definition) is 2. The molecule has 2 N–H and O–H groups in total. The van der Waals surface area contributed by atoms with Crippen LogP contribution in [0, 0.1) is 11.3 Å². The Balaban J connectivity index is 1.40. The standard InChI is InChI=1S/C20H28N2O/c23-18(17-14-19(17)10-12-21-13-11-19)22-15-20(8-4-5-9-20)16-6-2-1-3-7-16/h1-3,6-7,17,21H,4-5,8-15H2,(H,22,23)/t17-/m1/s1. The van der Waals surface area contributed by atoms with Gasteiger partial charge in [0.15, 0.2) is 0 Å². The van der Waals surface area contributed by atoms with Crippen molar-refractivity contribution in [2.75, 3.05) is 19.6 Å². The lowest BCUT2D eigenvalue weighted by molar-refractivity contribution is -0.123. The molecule has 0 bridgehead atoms. The van der Waals surface area contributed by atoms with Gasteiger partial charge in [-0.25, -0.2) is 0 Å². The van der Waals surface area contributed by atoms with Gasteiger partial charge in [-0.3, -0.25) is 4.79 Å². The number of carbonyl (C=O) groups is 1. The molecule has 0 radical (unpaired) electrons. The summed E-state index contributed by atoms with van der Waals surface area (Å²) in [6.07, 6.45) is 8.43. The summed E-state index contributed by atoms with van der Waals surface area (Å²) in [6.45, 7) is 2.98. The summed E-state index contributed by atoms with van der Waals surface area (Å²) >= 11 is 0. The van der Waals surface area contributed by atoms with Crippen molar-refractivity contribution in [1.29, 1.82) is 0 Å². The molecular weight excluding hydrogens is 284 g/mol. The third kappa shape index (κ3) is 2.80. The van der Waals surface area contributed by atoms with Gasteiger partial charge in [0.1, 0.15) is 0 Å². The summed E-state index contributed by atoms with van der Waals surface area (Å²) in [5.41, 5.74) is 1.92. The fourth-order valence-corrected chi connectivity index (χ4v) is 4.99. The Morgan fingerprint density at radius 1 is 1.09 bits per heavy atom. The molecule has 1 aromatic carbocycles. The van der Waals surface area contributed by atoms with Crippen molar-refractivity contribution < 1.29 is 4.79 Å². The second-order valence-electron chi connectivity index (χ2n) is 7.94. The maximum Gasteiger partial charge on any atom is 0.223 e. The second-order valence-corrected chi connectivity index (χ2v) is 7.94. The summed E-state index contributed by atoms with van der Waals surface area (Å²) in [4.78, 5) is 12.7. The topological polar surface area (TPSA) is 41.1 Å². The number of carbonyl (C=O) groups excluding carboxylic acids is 1. The number of benzene rings is 1. The summed E-state index contributed by atoms with van der Waals surface area (Å²) in [5, 5.41) is 6.75. The molecule has 4 rings (SSSR count). The maximum absolute atomic E-state index is 12.7. The zero-order valence-electron chi connectivity index (χ0n) is 13.9. The van der Waals surface area contributed by atoms with Crippen LogP contribution in [0.25, 0.3) is 0 Å². The molecule has 124 valence electrons. The molecule has 3 nitrogen and oxygen atoms in total. The molecule has 23 heavy (non-hydrogen) atoms. The molecule has 1 saturated heterocycles. The first-order valence-corrected chi connectivity index (χ1v) is 9.28. The van der Waals surface area contributed by atoms with Crippen LogP contribution in [0.5, 0.6) is 0 Å². The second kappa shape index (κ2) is 5.94. The van der Waals surface area contributed by atoms with Crippen LogP contribution in [0.4, 0.5) is 0 Å². The van der Waals surface area contributed by atoms with Crippen LogP contribution in [-0.4, -0.2) is 25.5 Å². The van der Waals surface area contributed by atoms with Crippen molar-refractivity contribution >= 4 is 5.91 Å². The van der Waals surface area contributed by atoms with Crippen molar-refractivity contribution in [1.82, 2.24) is 10.6 Å². The number of amides is 1. The molecule has 1 heterocycles. The van der Waals surface area contributed by atoms with E-state index in [1.54, 1.807) is 0 Å². The van der Waals surface area contributed by atoms with Gasteiger partial charge in [0, 0.05) is 17.9 Å². The number of hydrogen-bond acceptors (Lipinski definition) is 2. The summed E-state index contributed by atoms with van der Waals surface area (Å²) in [6, 6.07) is 10.8. The molecular formula is C20H28N2O. The van der Waals surface area contributed by atoms with E-state index in [1.165, 1.54) is 44.1 Å². The van der Waals surface area contributed by atoms with Gasteiger partial charge in [-0.15, -0.1) is 0 Å². The first kappa shape index (κ1) is 15.2. The van der Waals surface area contributed by atoms with Gasteiger partial charge in [-0.05, 0) is 56.2 Å². The normalized spacial score (nSPS) is 27.7. The van der Waals surface area contributed by atoms with Gasteiger partial charge < -0.3 is 10.6 Å². The largest absolute Gasteiger partial charge is 0.355 e. The molecule has 3 fully saturated rings. The monoisotopic (exact) mass is 312 g/mol. The third-order valence-electron chi connectivity index (χ3n) is 6.65. The van der Waals surface area contributed by atoms with Crippen LogP contribution in [-0.2, 0) is 10.2 Å². The van der Waals surface area contributed by atoms with Crippen molar-refractivity contribution in [2.24, 2.45) is 11.3 Å². The summed E-state index contributed by atoms with van der Waals surface area (Å²) in [5.74, 6) is 0.591. The average molecular weight is 312 g/mol. The van der Waals surface area contributed by atoms with Gasteiger partial charge in [0.25, 0.3) is 0 Å². The molecule has 3 aliphatic rings. The fourth-order valence-electron chi connectivity index (χ4n) is 4.99. The minimum Gasteiger partial charge on any atom is -0.355 e. The third-order valence-corrected chi connectivity index (χ3v) is 6.65. The van der Waals surface area contributed by atoms with E-state index in [4.69, 9.17) is 0 Å². The summed E-state index contributed by atoms with van der Waals surface area (Å²) < 4.78 is 0. The SMILES string of the molecule is O=C(NCC1(c2ccccc2)CCCC1)[C@H]1CC12CCNCC2. The molecule has 2 saturated carbocycles. The van der Waals surface area contributed by atoms with E-state index in [0.717, 1.165) is 26.1 Å². The van der Waals surface area contributed by atoms with E-state index >= 15 is 0 Å². The Bertz CT molecular complexity index is 556. The molecule has 1 spiro atoms. The van der Waals surface area contributed by atoms with Crippen molar-refractivity contribution in [3.8, 4) is 0 Å². The van der Waals surface area contributed by atoms with E-state index in [-0.39, 0.29) is 11.3 Å². The number of piperidine rings is 1. The van der Waals surface area contributed by atoms with E-state index in [2.05, 4.69) is 41.0 Å². The van der Waals surface area contributed by atoms with Crippen LogP contribution in [0.3, 0.4) is 0 Å². The van der Waals surface area contributed by atoms with Crippen molar-refractivity contribution in [3.05, 3.63) is 35.9 Å². The van der Waals surface area contributed by atoms with Crippen molar-refractivity contribution in [2.45, 2.75) is 50.4 Å². The lowest BCUT2D eigenvalue weighted by Crippen LogP contribution is -2.41. The van der Waals surface area contributed by atoms with Crippen LogP contribution >= 0.6 is 0 Å². The zero-order valence-corrected chi connectivity index (χ0v) is 13.9. The lowest BCUT2D eigenvalue weighted by Gasteiger charge is -2.30. The van der Waals surface area contributed by atoms with Crippen LogP contribution in [0.1, 0.15) is 50.5 Å². The van der Waals surface area contributed by atoms with E-state index in [0.29, 0.717) is 11.3 Å². The maximum atomic E-state index is 12.7. The lowest BCUT2D eigenvalue weighted by atomic mass is 9.78. The molecule has 1 aromatic rings. The Hall–Kier alpha value is -1.35. The predicted molar refractivity (Wildman–Crippen MR) is 92.2 cm³/mol. The quantitative estimate of drug-likeness (QED) is 0.897. The molecule has 2 aliphatic carbocycles. The van der Waals surface area contributed by atoms with Gasteiger partial charge in [-0.1, -0.05) is 43.2 Å². The smallest absolute Gasteiger partial charge is 0.223 e. The zero-order chi connectivity index (χ0) is 15.8.